The second-order valence-corrected chi connectivity index (χ2v) is 6.26. The predicted octanol–water partition coefficient (Wildman–Crippen LogP) is 1.32. The summed E-state index contributed by atoms with van der Waals surface area (Å²) in [5.74, 6) is -1.79. The molecular formula is C17H21F2N3O2. The molecule has 5 nitrogen and oxygen atoms in total. The van der Waals surface area contributed by atoms with Crippen molar-refractivity contribution in [3.05, 3.63) is 35.4 Å². The molecule has 0 radical (unpaired) electrons. The molecule has 24 heavy (non-hydrogen) atoms. The van der Waals surface area contributed by atoms with Crippen LogP contribution in [0.25, 0.3) is 0 Å². The van der Waals surface area contributed by atoms with Gasteiger partial charge in [-0.15, -0.1) is 0 Å². The van der Waals surface area contributed by atoms with E-state index in [2.05, 4.69) is 10.6 Å². The van der Waals surface area contributed by atoms with Crippen molar-refractivity contribution in [2.75, 3.05) is 13.1 Å². The molecule has 2 aliphatic rings. The summed E-state index contributed by atoms with van der Waals surface area (Å²) in [4.78, 5) is 26.5. The summed E-state index contributed by atoms with van der Waals surface area (Å²) in [5.41, 5.74) is -0.167. The number of hydrogen-bond donors (Lipinski definition) is 2. The SMILES string of the molecule is O=C(NCc1c(F)cccc1F)C1CCCN1C(=O)C1CCCN1. The van der Waals surface area contributed by atoms with Crippen molar-refractivity contribution in [2.45, 2.75) is 44.3 Å². The van der Waals surface area contributed by atoms with Crippen molar-refractivity contribution in [3.63, 3.8) is 0 Å². The van der Waals surface area contributed by atoms with Gasteiger partial charge in [0.1, 0.15) is 17.7 Å². The summed E-state index contributed by atoms with van der Waals surface area (Å²) in [6.07, 6.45) is 3.06. The maximum absolute atomic E-state index is 13.6. The number of carbonyl (C=O) groups is 2. The van der Waals surface area contributed by atoms with E-state index in [1.165, 1.54) is 6.07 Å². The first-order valence-corrected chi connectivity index (χ1v) is 8.32. The number of nitrogens with zero attached hydrogens (tertiary/aromatic N) is 1. The highest BCUT2D eigenvalue weighted by Crippen LogP contribution is 2.21. The Balaban J connectivity index is 1.62. The minimum atomic E-state index is -0.690. The third kappa shape index (κ3) is 3.40. The smallest absolute Gasteiger partial charge is 0.243 e. The molecule has 0 aromatic heterocycles. The number of nitrogens with one attached hydrogen (secondary N) is 2. The normalized spacial score (nSPS) is 23.5. The molecule has 2 saturated heterocycles. The number of benzene rings is 1. The standard InChI is InChI=1S/C17H21F2N3O2/c18-12-4-1-5-13(19)11(12)10-21-16(23)15-7-3-9-22(15)17(24)14-6-2-8-20-14/h1,4-5,14-15,20H,2-3,6-10H2,(H,21,23). The predicted molar refractivity (Wildman–Crippen MR) is 84.0 cm³/mol. The van der Waals surface area contributed by atoms with Crippen LogP contribution < -0.4 is 10.6 Å². The van der Waals surface area contributed by atoms with Crippen LogP contribution in [0.5, 0.6) is 0 Å². The topological polar surface area (TPSA) is 61.4 Å². The molecule has 0 bridgehead atoms. The highest BCUT2D eigenvalue weighted by Gasteiger charge is 2.37. The molecule has 130 valence electrons. The van der Waals surface area contributed by atoms with Crippen molar-refractivity contribution >= 4 is 11.8 Å². The molecule has 2 amide bonds. The number of rotatable bonds is 4. The Labute approximate surface area is 139 Å². The Hall–Kier alpha value is -2.02. The van der Waals surface area contributed by atoms with Crippen molar-refractivity contribution < 1.29 is 18.4 Å². The highest BCUT2D eigenvalue weighted by molar-refractivity contribution is 5.90. The van der Waals surface area contributed by atoms with E-state index >= 15 is 0 Å². The highest BCUT2D eigenvalue weighted by atomic mass is 19.1. The van der Waals surface area contributed by atoms with Gasteiger partial charge in [-0.05, 0) is 44.4 Å². The van der Waals surface area contributed by atoms with E-state index in [4.69, 9.17) is 0 Å². The zero-order chi connectivity index (χ0) is 17.1. The molecule has 0 aliphatic carbocycles. The van der Waals surface area contributed by atoms with Crippen molar-refractivity contribution in [1.82, 2.24) is 15.5 Å². The second-order valence-electron chi connectivity index (χ2n) is 6.26. The fraction of sp³-hybridized carbons (Fsp3) is 0.529. The van der Waals surface area contributed by atoms with Crippen LogP contribution in [0, 0.1) is 11.6 Å². The van der Waals surface area contributed by atoms with Gasteiger partial charge in [-0.25, -0.2) is 8.78 Å². The van der Waals surface area contributed by atoms with Gasteiger partial charge in [-0.2, -0.15) is 0 Å². The summed E-state index contributed by atoms with van der Waals surface area (Å²) >= 11 is 0. The van der Waals surface area contributed by atoms with Gasteiger partial charge >= 0.3 is 0 Å². The molecule has 7 heteroatoms. The van der Waals surface area contributed by atoms with Gasteiger partial charge in [0.05, 0.1) is 6.04 Å². The first kappa shape index (κ1) is 16.8. The summed E-state index contributed by atoms with van der Waals surface area (Å²) < 4.78 is 27.2. The zero-order valence-electron chi connectivity index (χ0n) is 13.4. The van der Waals surface area contributed by atoms with E-state index in [-0.39, 0.29) is 30.0 Å². The van der Waals surface area contributed by atoms with Crippen molar-refractivity contribution in [2.24, 2.45) is 0 Å². The summed E-state index contributed by atoms with van der Waals surface area (Å²) in [6.45, 7) is 1.13. The van der Waals surface area contributed by atoms with E-state index < -0.39 is 17.7 Å². The molecule has 1 aromatic rings. The van der Waals surface area contributed by atoms with E-state index in [0.29, 0.717) is 13.0 Å². The largest absolute Gasteiger partial charge is 0.350 e. The fourth-order valence-corrected chi connectivity index (χ4v) is 3.39. The van der Waals surface area contributed by atoms with Gasteiger partial charge in [-0.1, -0.05) is 6.07 Å². The zero-order valence-corrected chi connectivity index (χ0v) is 13.4. The average Bonchev–Trinajstić information content (AvgIpc) is 3.25. The Kier molecular flexibility index (Phi) is 5.08. The van der Waals surface area contributed by atoms with Gasteiger partial charge in [-0.3, -0.25) is 9.59 Å². The number of likely N-dealkylation sites (tertiary alicyclic amines) is 1. The molecule has 2 fully saturated rings. The van der Waals surface area contributed by atoms with E-state index in [9.17, 15) is 18.4 Å². The van der Waals surface area contributed by atoms with Crippen LogP contribution in [-0.4, -0.2) is 41.9 Å². The van der Waals surface area contributed by atoms with Crippen LogP contribution >= 0.6 is 0 Å². The molecule has 2 unspecified atom stereocenters. The van der Waals surface area contributed by atoms with E-state index in [0.717, 1.165) is 37.9 Å². The molecule has 2 aliphatic heterocycles. The first-order chi connectivity index (χ1) is 11.6. The van der Waals surface area contributed by atoms with Crippen LogP contribution in [0.15, 0.2) is 18.2 Å². The van der Waals surface area contributed by atoms with Crippen LogP contribution in [-0.2, 0) is 16.1 Å². The number of hydrogen-bond acceptors (Lipinski definition) is 3. The number of carbonyl (C=O) groups excluding carboxylic acids is 2. The minimum Gasteiger partial charge on any atom is -0.350 e. The van der Waals surface area contributed by atoms with Gasteiger partial charge in [0.15, 0.2) is 0 Å². The molecule has 2 N–H and O–H groups in total. The first-order valence-electron chi connectivity index (χ1n) is 8.32. The summed E-state index contributed by atoms with van der Waals surface area (Å²) in [6, 6.07) is 2.81. The summed E-state index contributed by atoms with van der Waals surface area (Å²) in [7, 11) is 0. The maximum atomic E-state index is 13.6. The maximum Gasteiger partial charge on any atom is 0.243 e. The van der Waals surface area contributed by atoms with Crippen molar-refractivity contribution in [3.8, 4) is 0 Å². The number of amides is 2. The quantitative estimate of drug-likeness (QED) is 0.871. The Morgan fingerprint density at radius 3 is 2.62 bits per heavy atom. The van der Waals surface area contributed by atoms with Crippen LogP contribution in [0.3, 0.4) is 0 Å². The van der Waals surface area contributed by atoms with Crippen molar-refractivity contribution in [1.29, 1.82) is 0 Å². The van der Waals surface area contributed by atoms with E-state index in [1.54, 1.807) is 4.90 Å². The molecule has 0 saturated carbocycles. The van der Waals surface area contributed by atoms with Crippen LogP contribution in [0.4, 0.5) is 8.78 Å². The molecule has 2 atom stereocenters. The monoisotopic (exact) mass is 337 g/mol. The lowest BCUT2D eigenvalue weighted by Crippen LogP contribution is -2.51. The molecular weight excluding hydrogens is 316 g/mol. The lowest BCUT2D eigenvalue weighted by Gasteiger charge is -2.26. The third-order valence-electron chi connectivity index (χ3n) is 4.70. The van der Waals surface area contributed by atoms with Crippen LogP contribution in [0.2, 0.25) is 0 Å². The lowest BCUT2D eigenvalue weighted by molar-refractivity contribution is -0.139. The van der Waals surface area contributed by atoms with E-state index in [1.807, 2.05) is 0 Å². The van der Waals surface area contributed by atoms with Gasteiger partial charge in [0.25, 0.3) is 0 Å². The van der Waals surface area contributed by atoms with Gasteiger partial charge in [0, 0.05) is 18.7 Å². The Morgan fingerprint density at radius 2 is 1.96 bits per heavy atom. The molecule has 3 rings (SSSR count). The molecule has 1 aromatic carbocycles. The Bertz CT molecular complexity index is 612. The minimum absolute atomic E-state index is 0.0535. The van der Waals surface area contributed by atoms with Gasteiger partial charge < -0.3 is 15.5 Å². The third-order valence-corrected chi connectivity index (χ3v) is 4.70. The van der Waals surface area contributed by atoms with Crippen LogP contribution in [0.1, 0.15) is 31.2 Å². The second kappa shape index (κ2) is 7.25. The molecule has 2 heterocycles. The Morgan fingerprint density at radius 1 is 1.21 bits per heavy atom. The summed E-state index contributed by atoms with van der Waals surface area (Å²) in [5, 5.41) is 5.71. The average molecular weight is 337 g/mol. The molecule has 0 spiro atoms. The number of halogens is 2. The van der Waals surface area contributed by atoms with Gasteiger partial charge in [0.2, 0.25) is 11.8 Å². The lowest BCUT2D eigenvalue weighted by atomic mass is 10.1. The fourth-order valence-electron chi connectivity index (χ4n) is 3.39.